The van der Waals surface area contributed by atoms with Crippen LogP contribution >= 0.6 is 0 Å². The molecule has 0 radical (unpaired) electrons. The first-order valence-corrected chi connectivity index (χ1v) is 5.87. The van der Waals surface area contributed by atoms with E-state index in [2.05, 4.69) is 6.92 Å². The van der Waals surface area contributed by atoms with Crippen LogP contribution in [-0.2, 0) is 18.9 Å². The Balaban J connectivity index is 1.96. The number of rotatable bonds is 5. The summed E-state index contributed by atoms with van der Waals surface area (Å²) in [7, 11) is 1.58. The van der Waals surface area contributed by atoms with Gasteiger partial charge in [-0.3, -0.25) is 0 Å². The minimum absolute atomic E-state index is 0.277. The Labute approximate surface area is 95.6 Å². The average molecular weight is 232 g/mol. The summed E-state index contributed by atoms with van der Waals surface area (Å²) in [5, 5.41) is 9.97. The lowest BCUT2D eigenvalue weighted by Crippen LogP contribution is -2.55. The minimum atomic E-state index is -0.671. The van der Waals surface area contributed by atoms with E-state index in [1.165, 1.54) is 0 Å². The average Bonchev–Trinajstić information content (AvgIpc) is 2.72. The third kappa shape index (κ3) is 2.24. The van der Waals surface area contributed by atoms with E-state index in [0.29, 0.717) is 13.2 Å². The predicted octanol–water partition coefficient (Wildman–Crippen LogP) is 0.303. The van der Waals surface area contributed by atoms with Crippen molar-refractivity contribution in [3.63, 3.8) is 0 Å². The molecule has 2 fully saturated rings. The zero-order valence-electron chi connectivity index (χ0n) is 9.80. The summed E-state index contributed by atoms with van der Waals surface area (Å²) < 4.78 is 21.9. The van der Waals surface area contributed by atoms with Crippen molar-refractivity contribution in [3.05, 3.63) is 0 Å². The lowest BCUT2D eigenvalue weighted by Gasteiger charge is -2.37. The molecule has 0 spiro atoms. The SMILES string of the molecule is CCCCO[C@H]1[C@@H]2OC[C@@H](O2)[C@@H](O)[C@@H]1OC. The summed E-state index contributed by atoms with van der Waals surface area (Å²) in [4.78, 5) is 0. The Kier molecular flexibility index (Phi) is 4.16. The van der Waals surface area contributed by atoms with Crippen LogP contribution in [0.25, 0.3) is 0 Å². The van der Waals surface area contributed by atoms with Crippen molar-refractivity contribution in [1.82, 2.24) is 0 Å². The van der Waals surface area contributed by atoms with Gasteiger partial charge in [-0.2, -0.15) is 0 Å². The van der Waals surface area contributed by atoms with Crippen molar-refractivity contribution >= 4 is 0 Å². The summed E-state index contributed by atoms with van der Waals surface area (Å²) in [6.45, 7) is 3.16. The molecule has 0 aliphatic carbocycles. The predicted molar refractivity (Wildman–Crippen MR) is 56.1 cm³/mol. The molecule has 16 heavy (non-hydrogen) atoms. The molecule has 0 saturated carbocycles. The van der Waals surface area contributed by atoms with Crippen LogP contribution in [0, 0.1) is 0 Å². The summed E-state index contributed by atoms with van der Waals surface area (Å²) in [5.41, 5.74) is 0. The molecule has 5 nitrogen and oxygen atoms in total. The third-order valence-electron chi connectivity index (χ3n) is 3.12. The van der Waals surface area contributed by atoms with Crippen LogP contribution in [0.1, 0.15) is 19.8 Å². The highest BCUT2D eigenvalue weighted by Gasteiger charge is 2.51. The van der Waals surface area contributed by atoms with Crippen LogP contribution in [0.15, 0.2) is 0 Å². The molecule has 2 aliphatic heterocycles. The highest BCUT2D eigenvalue weighted by atomic mass is 16.8. The Morgan fingerprint density at radius 3 is 2.88 bits per heavy atom. The Hall–Kier alpha value is -0.200. The molecule has 1 N–H and O–H groups in total. The van der Waals surface area contributed by atoms with Crippen molar-refractivity contribution in [3.8, 4) is 0 Å². The van der Waals surface area contributed by atoms with Crippen molar-refractivity contribution in [2.75, 3.05) is 20.3 Å². The number of hydrogen-bond acceptors (Lipinski definition) is 5. The normalized spacial score (nSPS) is 42.6. The molecular formula is C11H20O5. The number of hydrogen-bond donors (Lipinski definition) is 1. The second kappa shape index (κ2) is 5.42. The molecule has 5 atom stereocenters. The highest BCUT2D eigenvalue weighted by Crippen LogP contribution is 2.31. The number of ether oxygens (including phenoxy) is 4. The maximum absolute atomic E-state index is 9.97. The molecule has 2 saturated heterocycles. The van der Waals surface area contributed by atoms with Gasteiger partial charge in [0.2, 0.25) is 0 Å². The topological polar surface area (TPSA) is 57.2 Å². The van der Waals surface area contributed by atoms with Gasteiger partial charge in [0.15, 0.2) is 6.29 Å². The summed E-state index contributed by atoms with van der Waals surface area (Å²) in [6.07, 6.45) is 0.0288. The van der Waals surface area contributed by atoms with Crippen molar-refractivity contribution < 1.29 is 24.1 Å². The van der Waals surface area contributed by atoms with E-state index in [9.17, 15) is 5.11 Å². The van der Waals surface area contributed by atoms with E-state index in [-0.39, 0.29) is 18.3 Å². The first-order chi connectivity index (χ1) is 7.77. The maximum atomic E-state index is 9.97. The third-order valence-corrected chi connectivity index (χ3v) is 3.12. The number of fused-ring (bicyclic) bond motifs is 2. The van der Waals surface area contributed by atoms with Gasteiger partial charge in [0.05, 0.1) is 6.61 Å². The molecule has 2 heterocycles. The first-order valence-electron chi connectivity index (χ1n) is 5.87. The number of aliphatic hydroxyl groups is 1. The zero-order valence-corrected chi connectivity index (χ0v) is 9.80. The van der Waals surface area contributed by atoms with Gasteiger partial charge in [-0.25, -0.2) is 0 Å². The van der Waals surface area contributed by atoms with E-state index in [1.54, 1.807) is 7.11 Å². The quantitative estimate of drug-likeness (QED) is 0.691. The number of unbranched alkanes of at least 4 members (excludes halogenated alkanes) is 1. The molecule has 2 bridgehead atoms. The molecule has 0 aromatic carbocycles. The second-order valence-corrected chi connectivity index (χ2v) is 4.26. The minimum Gasteiger partial charge on any atom is -0.387 e. The highest BCUT2D eigenvalue weighted by molar-refractivity contribution is 4.94. The largest absolute Gasteiger partial charge is 0.387 e. The lowest BCUT2D eigenvalue weighted by molar-refractivity contribution is -0.248. The van der Waals surface area contributed by atoms with Gasteiger partial charge >= 0.3 is 0 Å². The monoisotopic (exact) mass is 232 g/mol. The zero-order chi connectivity index (χ0) is 11.5. The second-order valence-electron chi connectivity index (χ2n) is 4.26. The molecule has 0 aromatic rings. The fourth-order valence-electron chi connectivity index (χ4n) is 2.16. The maximum Gasteiger partial charge on any atom is 0.187 e. The lowest BCUT2D eigenvalue weighted by atomic mass is 10.0. The number of aliphatic hydroxyl groups excluding tert-OH is 1. The summed E-state index contributed by atoms with van der Waals surface area (Å²) in [6, 6.07) is 0. The molecule has 0 amide bonds. The van der Waals surface area contributed by atoms with Gasteiger partial charge in [0, 0.05) is 13.7 Å². The Morgan fingerprint density at radius 2 is 2.19 bits per heavy atom. The molecular weight excluding hydrogens is 212 g/mol. The summed E-state index contributed by atoms with van der Waals surface area (Å²) in [5.74, 6) is 0. The van der Waals surface area contributed by atoms with E-state index in [4.69, 9.17) is 18.9 Å². The van der Waals surface area contributed by atoms with Gasteiger partial charge in [-0.05, 0) is 6.42 Å². The van der Waals surface area contributed by atoms with Crippen LogP contribution < -0.4 is 0 Å². The number of methoxy groups -OCH3 is 1. The van der Waals surface area contributed by atoms with Crippen molar-refractivity contribution in [2.24, 2.45) is 0 Å². The molecule has 2 aliphatic rings. The van der Waals surface area contributed by atoms with Crippen molar-refractivity contribution in [1.29, 1.82) is 0 Å². The van der Waals surface area contributed by atoms with Gasteiger partial charge < -0.3 is 24.1 Å². The van der Waals surface area contributed by atoms with E-state index < -0.39 is 12.4 Å². The molecule has 5 heteroatoms. The van der Waals surface area contributed by atoms with Gasteiger partial charge in [-0.15, -0.1) is 0 Å². The van der Waals surface area contributed by atoms with Gasteiger partial charge in [-0.1, -0.05) is 13.3 Å². The Bertz CT molecular complexity index is 222. The smallest absolute Gasteiger partial charge is 0.187 e. The summed E-state index contributed by atoms with van der Waals surface area (Å²) >= 11 is 0. The van der Waals surface area contributed by atoms with Crippen LogP contribution in [0.5, 0.6) is 0 Å². The first kappa shape index (κ1) is 12.3. The van der Waals surface area contributed by atoms with Crippen LogP contribution in [0.2, 0.25) is 0 Å². The molecule has 0 unspecified atom stereocenters. The molecule has 0 aromatic heterocycles. The Morgan fingerprint density at radius 1 is 1.38 bits per heavy atom. The van der Waals surface area contributed by atoms with Crippen molar-refractivity contribution in [2.45, 2.75) is 50.5 Å². The van der Waals surface area contributed by atoms with Gasteiger partial charge in [0.25, 0.3) is 0 Å². The molecule has 94 valence electrons. The van der Waals surface area contributed by atoms with E-state index >= 15 is 0 Å². The van der Waals surface area contributed by atoms with Gasteiger partial charge in [0.1, 0.15) is 24.4 Å². The van der Waals surface area contributed by atoms with Crippen LogP contribution in [0.3, 0.4) is 0 Å². The fraction of sp³-hybridized carbons (Fsp3) is 1.00. The van der Waals surface area contributed by atoms with E-state index in [1.807, 2.05) is 0 Å². The standard InChI is InChI=1S/C11H20O5/c1-3-4-5-14-10-9(13-2)8(12)7-6-15-11(10)16-7/h7-12H,3-6H2,1-2H3/t7-,8-,9+,10-,11-/m1/s1. The van der Waals surface area contributed by atoms with Crippen LogP contribution in [-0.4, -0.2) is 56.1 Å². The van der Waals surface area contributed by atoms with Crippen LogP contribution in [0.4, 0.5) is 0 Å². The molecule has 2 rings (SSSR count). The van der Waals surface area contributed by atoms with E-state index in [0.717, 1.165) is 12.8 Å². The fourth-order valence-corrected chi connectivity index (χ4v) is 2.16.